The maximum atomic E-state index is 12.4. The molecule has 0 aliphatic rings. The Morgan fingerprint density at radius 3 is 2.44 bits per heavy atom. The third-order valence-corrected chi connectivity index (χ3v) is 5.03. The first kappa shape index (κ1) is 17.3. The highest BCUT2D eigenvalue weighted by atomic mass is 32.2. The fourth-order valence-electron chi connectivity index (χ4n) is 2.73. The summed E-state index contributed by atoms with van der Waals surface area (Å²) >= 11 is 1.44. The summed E-state index contributed by atoms with van der Waals surface area (Å²) in [7, 11) is 0. The van der Waals surface area contributed by atoms with E-state index < -0.39 is 0 Å². The molecular formula is C20H21N3OS. The molecule has 0 bridgehead atoms. The molecule has 1 aromatic heterocycles. The molecule has 4 nitrogen and oxygen atoms in total. The largest absolute Gasteiger partial charge is 0.325 e. The van der Waals surface area contributed by atoms with Crippen LogP contribution in [-0.4, -0.2) is 21.2 Å². The summed E-state index contributed by atoms with van der Waals surface area (Å²) < 4.78 is 2.02. The summed E-state index contributed by atoms with van der Waals surface area (Å²) in [5, 5.41) is 3.83. The lowest BCUT2D eigenvalue weighted by atomic mass is 10.1. The van der Waals surface area contributed by atoms with Crippen molar-refractivity contribution in [2.45, 2.75) is 25.9 Å². The molecule has 1 heterocycles. The Labute approximate surface area is 152 Å². The number of benzene rings is 2. The average molecular weight is 351 g/mol. The van der Waals surface area contributed by atoms with Crippen LogP contribution in [0.2, 0.25) is 0 Å². The van der Waals surface area contributed by atoms with Gasteiger partial charge in [0.25, 0.3) is 0 Å². The number of imidazole rings is 1. The van der Waals surface area contributed by atoms with Crippen LogP contribution >= 0.6 is 11.8 Å². The van der Waals surface area contributed by atoms with Gasteiger partial charge in [-0.15, -0.1) is 0 Å². The molecule has 25 heavy (non-hydrogen) atoms. The van der Waals surface area contributed by atoms with Crippen molar-refractivity contribution < 1.29 is 4.79 Å². The van der Waals surface area contributed by atoms with Crippen molar-refractivity contribution in [2.75, 3.05) is 11.1 Å². The van der Waals surface area contributed by atoms with E-state index in [-0.39, 0.29) is 5.91 Å². The molecule has 0 radical (unpaired) electrons. The number of anilines is 1. The Hall–Kier alpha value is -2.53. The molecule has 2 aromatic carbocycles. The minimum atomic E-state index is -0.0262. The minimum Gasteiger partial charge on any atom is -0.325 e. The van der Waals surface area contributed by atoms with Gasteiger partial charge in [-0.3, -0.25) is 9.36 Å². The third kappa shape index (κ3) is 3.94. The van der Waals surface area contributed by atoms with Crippen molar-refractivity contribution in [1.82, 2.24) is 9.55 Å². The van der Waals surface area contributed by atoms with Crippen LogP contribution in [0, 0.1) is 20.8 Å². The van der Waals surface area contributed by atoms with Crippen molar-refractivity contribution >= 4 is 23.4 Å². The molecule has 0 aliphatic carbocycles. The summed E-state index contributed by atoms with van der Waals surface area (Å²) in [6.07, 6.45) is 3.69. The Balaban J connectivity index is 1.70. The third-order valence-electron chi connectivity index (χ3n) is 4.06. The highest BCUT2D eigenvalue weighted by Gasteiger charge is 2.12. The van der Waals surface area contributed by atoms with E-state index in [9.17, 15) is 4.79 Å². The number of thioether (sulfide) groups is 1. The average Bonchev–Trinajstić information content (AvgIpc) is 3.05. The highest BCUT2D eigenvalue weighted by molar-refractivity contribution is 7.99. The van der Waals surface area contributed by atoms with E-state index in [1.807, 2.05) is 54.9 Å². The van der Waals surface area contributed by atoms with Crippen molar-refractivity contribution in [3.8, 4) is 5.69 Å². The van der Waals surface area contributed by atoms with Crippen molar-refractivity contribution in [2.24, 2.45) is 0 Å². The molecule has 1 amide bonds. The number of hydrogen-bond donors (Lipinski definition) is 1. The second-order valence-corrected chi connectivity index (χ2v) is 6.91. The van der Waals surface area contributed by atoms with Gasteiger partial charge in [0, 0.05) is 18.1 Å². The van der Waals surface area contributed by atoms with Gasteiger partial charge in [0.2, 0.25) is 5.91 Å². The molecular weight excluding hydrogens is 330 g/mol. The van der Waals surface area contributed by atoms with Crippen molar-refractivity contribution in [3.05, 3.63) is 71.5 Å². The molecule has 0 aliphatic heterocycles. The lowest BCUT2D eigenvalue weighted by Gasteiger charge is -2.12. The predicted octanol–water partition coefficient (Wildman–Crippen LogP) is 4.53. The molecule has 3 aromatic rings. The van der Waals surface area contributed by atoms with E-state index in [2.05, 4.69) is 29.4 Å². The SMILES string of the molecule is Cc1ccccc1-n1ccnc1SCC(=O)Nc1c(C)cccc1C. The monoisotopic (exact) mass is 351 g/mol. The molecule has 5 heteroatoms. The molecule has 0 fully saturated rings. The lowest BCUT2D eigenvalue weighted by molar-refractivity contribution is -0.113. The van der Waals surface area contributed by atoms with Crippen LogP contribution in [0.15, 0.2) is 60.0 Å². The number of carbonyl (C=O) groups is 1. The van der Waals surface area contributed by atoms with E-state index in [1.165, 1.54) is 17.3 Å². The van der Waals surface area contributed by atoms with Crippen LogP contribution in [0.3, 0.4) is 0 Å². The van der Waals surface area contributed by atoms with Gasteiger partial charge in [0.05, 0.1) is 11.4 Å². The predicted molar refractivity (Wildman–Crippen MR) is 104 cm³/mol. The molecule has 3 rings (SSSR count). The summed E-state index contributed by atoms with van der Waals surface area (Å²) in [5.41, 5.74) is 5.29. The first-order valence-electron chi connectivity index (χ1n) is 8.14. The number of hydrogen-bond acceptors (Lipinski definition) is 3. The van der Waals surface area contributed by atoms with Gasteiger partial charge < -0.3 is 5.32 Å². The first-order valence-corrected chi connectivity index (χ1v) is 9.13. The standard InChI is InChI=1S/C20H21N3OS/c1-14-7-4-5-10-17(14)23-12-11-21-20(23)25-13-18(24)22-19-15(2)8-6-9-16(19)3/h4-12H,13H2,1-3H3,(H,22,24). The fourth-order valence-corrected chi connectivity index (χ4v) is 3.50. The van der Waals surface area contributed by atoms with Gasteiger partial charge in [-0.1, -0.05) is 48.2 Å². The number of para-hydroxylation sites is 2. The Bertz CT molecular complexity index is 881. The minimum absolute atomic E-state index is 0.0262. The van der Waals surface area contributed by atoms with Crippen LogP contribution in [0.1, 0.15) is 16.7 Å². The van der Waals surface area contributed by atoms with Crippen molar-refractivity contribution in [3.63, 3.8) is 0 Å². The Morgan fingerprint density at radius 1 is 1.04 bits per heavy atom. The number of aryl methyl sites for hydroxylation is 3. The smallest absolute Gasteiger partial charge is 0.234 e. The van der Waals surface area contributed by atoms with Crippen LogP contribution in [0.5, 0.6) is 0 Å². The normalized spacial score (nSPS) is 10.7. The van der Waals surface area contributed by atoms with Gasteiger partial charge in [0.15, 0.2) is 5.16 Å². The Kier molecular flexibility index (Phi) is 5.24. The van der Waals surface area contributed by atoms with E-state index in [0.29, 0.717) is 5.75 Å². The number of rotatable bonds is 5. The van der Waals surface area contributed by atoms with Gasteiger partial charge >= 0.3 is 0 Å². The number of carbonyl (C=O) groups excluding carboxylic acids is 1. The number of amides is 1. The second kappa shape index (κ2) is 7.57. The van der Waals surface area contributed by atoms with E-state index in [0.717, 1.165) is 27.7 Å². The highest BCUT2D eigenvalue weighted by Crippen LogP contribution is 2.24. The number of nitrogens with zero attached hydrogens (tertiary/aromatic N) is 2. The van der Waals surface area contributed by atoms with E-state index in [1.54, 1.807) is 6.20 Å². The maximum Gasteiger partial charge on any atom is 0.234 e. The van der Waals surface area contributed by atoms with Gasteiger partial charge in [0.1, 0.15) is 0 Å². The summed E-state index contributed by atoms with van der Waals surface area (Å²) in [5.74, 6) is 0.290. The molecule has 0 saturated heterocycles. The van der Waals surface area contributed by atoms with Gasteiger partial charge in [-0.2, -0.15) is 0 Å². The van der Waals surface area contributed by atoms with Crippen LogP contribution < -0.4 is 5.32 Å². The zero-order chi connectivity index (χ0) is 17.8. The topological polar surface area (TPSA) is 46.9 Å². The van der Waals surface area contributed by atoms with Crippen LogP contribution in [0.25, 0.3) is 5.69 Å². The second-order valence-electron chi connectivity index (χ2n) is 5.97. The van der Waals surface area contributed by atoms with Gasteiger partial charge in [-0.05, 0) is 43.5 Å². The van der Waals surface area contributed by atoms with Crippen molar-refractivity contribution in [1.29, 1.82) is 0 Å². The molecule has 1 N–H and O–H groups in total. The van der Waals surface area contributed by atoms with E-state index >= 15 is 0 Å². The molecule has 0 saturated carbocycles. The molecule has 0 spiro atoms. The quantitative estimate of drug-likeness (QED) is 0.687. The zero-order valence-electron chi connectivity index (χ0n) is 14.6. The Morgan fingerprint density at radius 2 is 1.72 bits per heavy atom. The number of aromatic nitrogens is 2. The molecule has 0 atom stereocenters. The fraction of sp³-hybridized carbons (Fsp3) is 0.200. The lowest BCUT2D eigenvalue weighted by Crippen LogP contribution is -2.16. The number of nitrogens with one attached hydrogen (secondary N) is 1. The van der Waals surface area contributed by atoms with Crippen LogP contribution in [-0.2, 0) is 4.79 Å². The van der Waals surface area contributed by atoms with Crippen LogP contribution in [0.4, 0.5) is 5.69 Å². The zero-order valence-corrected chi connectivity index (χ0v) is 15.4. The maximum absolute atomic E-state index is 12.4. The summed E-state index contributed by atoms with van der Waals surface area (Å²) in [4.78, 5) is 16.8. The van der Waals surface area contributed by atoms with E-state index in [4.69, 9.17) is 0 Å². The first-order chi connectivity index (χ1) is 12.1. The summed E-state index contributed by atoms with van der Waals surface area (Å²) in [6.45, 7) is 6.07. The summed E-state index contributed by atoms with van der Waals surface area (Å²) in [6, 6.07) is 14.1. The molecule has 128 valence electrons. The molecule has 0 unspecified atom stereocenters. The van der Waals surface area contributed by atoms with Gasteiger partial charge in [-0.25, -0.2) is 4.98 Å².